The normalized spacial score (nSPS) is 11.4. The molecule has 0 heterocycles. The zero-order valence-corrected chi connectivity index (χ0v) is 10.1. The van der Waals surface area contributed by atoms with Crippen molar-refractivity contribution in [2.75, 3.05) is 18.5 Å². The minimum Gasteiger partial charge on any atom is -0.478 e. The standard InChI is InChI=1S/C12H14F3NO2/c1-8-3-4-9(11(17)18)10(7-8)16(2)6-5-12(13,14)15/h3-4,7H,5-6H2,1-2H3,(H,17,18). The van der Waals surface area contributed by atoms with Gasteiger partial charge in [0.15, 0.2) is 0 Å². The highest BCUT2D eigenvalue weighted by atomic mass is 19.4. The van der Waals surface area contributed by atoms with Crippen LogP contribution < -0.4 is 4.90 Å². The molecule has 1 aromatic carbocycles. The average Bonchev–Trinajstić information content (AvgIpc) is 2.24. The van der Waals surface area contributed by atoms with Crippen molar-refractivity contribution in [2.45, 2.75) is 19.5 Å². The highest BCUT2D eigenvalue weighted by Crippen LogP contribution is 2.25. The molecular formula is C12H14F3NO2. The molecule has 0 spiro atoms. The zero-order chi connectivity index (χ0) is 13.9. The van der Waals surface area contributed by atoms with E-state index in [2.05, 4.69) is 0 Å². The minimum atomic E-state index is -4.25. The molecular weight excluding hydrogens is 247 g/mol. The number of aromatic carboxylic acids is 1. The summed E-state index contributed by atoms with van der Waals surface area (Å²) in [5.74, 6) is -1.15. The van der Waals surface area contributed by atoms with E-state index in [9.17, 15) is 18.0 Å². The summed E-state index contributed by atoms with van der Waals surface area (Å²) in [4.78, 5) is 12.3. The van der Waals surface area contributed by atoms with Crippen molar-refractivity contribution in [2.24, 2.45) is 0 Å². The highest BCUT2D eigenvalue weighted by molar-refractivity contribution is 5.94. The molecule has 0 radical (unpaired) electrons. The number of anilines is 1. The second kappa shape index (κ2) is 5.29. The topological polar surface area (TPSA) is 40.5 Å². The van der Waals surface area contributed by atoms with Gasteiger partial charge in [-0.3, -0.25) is 0 Å². The van der Waals surface area contributed by atoms with Gasteiger partial charge in [-0.2, -0.15) is 13.2 Å². The van der Waals surface area contributed by atoms with Crippen LogP contribution in [0.15, 0.2) is 18.2 Å². The van der Waals surface area contributed by atoms with Gasteiger partial charge in [0, 0.05) is 13.6 Å². The van der Waals surface area contributed by atoms with E-state index in [1.807, 2.05) is 0 Å². The molecule has 0 aliphatic carbocycles. The summed E-state index contributed by atoms with van der Waals surface area (Å²) in [5, 5.41) is 8.98. The Morgan fingerprint density at radius 3 is 2.50 bits per heavy atom. The summed E-state index contributed by atoms with van der Waals surface area (Å²) in [7, 11) is 1.45. The van der Waals surface area contributed by atoms with E-state index in [4.69, 9.17) is 5.11 Å². The quantitative estimate of drug-likeness (QED) is 0.905. The van der Waals surface area contributed by atoms with Crippen molar-refractivity contribution in [3.05, 3.63) is 29.3 Å². The summed E-state index contributed by atoms with van der Waals surface area (Å²) in [5.41, 5.74) is 1.10. The molecule has 1 aromatic rings. The predicted molar refractivity (Wildman–Crippen MR) is 62.1 cm³/mol. The Kier molecular flexibility index (Phi) is 4.21. The molecule has 1 rings (SSSR count). The van der Waals surface area contributed by atoms with Crippen molar-refractivity contribution < 1.29 is 23.1 Å². The predicted octanol–water partition coefficient (Wildman–Crippen LogP) is 3.08. The summed E-state index contributed by atoms with van der Waals surface area (Å²) < 4.78 is 36.4. The second-order valence-corrected chi connectivity index (χ2v) is 4.11. The third-order valence-corrected chi connectivity index (χ3v) is 2.53. The van der Waals surface area contributed by atoms with E-state index >= 15 is 0 Å². The van der Waals surface area contributed by atoms with Gasteiger partial charge in [0.1, 0.15) is 0 Å². The largest absolute Gasteiger partial charge is 0.478 e. The fraction of sp³-hybridized carbons (Fsp3) is 0.417. The van der Waals surface area contributed by atoms with Gasteiger partial charge in [-0.05, 0) is 24.6 Å². The van der Waals surface area contributed by atoms with Gasteiger partial charge in [0.05, 0.1) is 17.7 Å². The van der Waals surface area contributed by atoms with Crippen LogP contribution in [0.3, 0.4) is 0 Å². The van der Waals surface area contributed by atoms with Crippen LogP contribution in [0.5, 0.6) is 0 Å². The maximum Gasteiger partial charge on any atom is 0.390 e. The van der Waals surface area contributed by atoms with Crippen LogP contribution in [0.2, 0.25) is 0 Å². The second-order valence-electron chi connectivity index (χ2n) is 4.11. The fourth-order valence-corrected chi connectivity index (χ4v) is 1.55. The lowest BCUT2D eigenvalue weighted by Crippen LogP contribution is -2.25. The first-order chi connectivity index (χ1) is 8.20. The lowest BCUT2D eigenvalue weighted by Gasteiger charge is -2.22. The Hall–Kier alpha value is -1.72. The van der Waals surface area contributed by atoms with Crippen LogP contribution >= 0.6 is 0 Å². The van der Waals surface area contributed by atoms with E-state index in [1.54, 1.807) is 19.1 Å². The number of hydrogen-bond donors (Lipinski definition) is 1. The summed E-state index contributed by atoms with van der Waals surface area (Å²) in [6, 6.07) is 4.58. The molecule has 18 heavy (non-hydrogen) atoms. The van der Waals surface area contributed by atoms with E-state index in [0.29, 0.717) is 5.69 Å². The monoisotopic (exact) mass is 261 g/mol. The van der Waals surface area contributed by atoms with Crippen molar-refractivity contribution in [1.29, 1.82) is 0 Å². The molecule has 0 fully saturated rings. The Morgan fingerprint density at radius 1 is 1.39 bits per heavy atom. The molecule has 0 saturated carbocycles. The molecule has 0 atom stereocenters. The summed E-state index contributed by atoms with van der Waals surface area (Å²) in [6.07, 6.45) is -5.22. The Balaban J connectivity index is 2.93. The number of rotatable bonds is 4. The smallest absolute Gasteiger partial charge is 0.390 e. The lowest BCUT2D eigenvalue weighted by molar-refractivity contribution is -0.132. The molecule has 0 aliphatic rings. The van der Waals surface area contributed by atoms with E-state index in [-0.39, 0.29) is 12.1 Å². The van der Waals surface area contributed by atoms with Crippen LogP contribution in [0.1, 0.15) is 22.3 Å². The van der Waals surface area contributed by atoms with Crippen molar-refractivity contribution in [3.8, 4) is 0 Å². The number of halogens is 3. The summed E-state index contributed by atoms with van der Waals surface area (Å²) in [6.45, 7) is 1.49. The maximum absolute atomic E-state index is 12.1. The highest BCUT2D eigenvalue weighted by Gasteiger charge is 2.27. The van der Waals surface area contributed by atoms with Gasteiger partial charge >= 0.3 is 12.1 Å². The number of benzene rings is 1. The SMILES string of the molecule is Cc1ccc(C(=O)O)c(N(C)CCC(F)(F)F)c1. The van der Waals surface area contributed by atoms with Gasteiger partial charge in [-0.25, -0.2) is 4.79 Å². The first-order valence-corrected chi connectivity index (χ1v) is 5.32. The zero-order valence-electron chi connectivity index (χ0n) is 10.1. The van der Waals surface area contributed by atoms with E-state index in [0.717, 1.165) is 5.56 Å². The molecule has 3 nitrogen and oxygen atoms in total. The molecule has 0 bridgehead atoms. The average molecular weight is 261 g/mol. The number of nitrogens with zero attached hydrogens (tertiary/aromatic N) is 1. The van der Waals surface area contributed by atoms with Crippen LogP contribution in [0.4, 0.5) is 18.9 Å². The number of aryl methyl sites for hydroxylation is 1. The number of alkyl halides is 3. The van der Waals surface area contributed by atoms with Crippen molar-refractivity contribution in [1.82, 2.24) is 0 Å². The molecule has 6 heteroatoms. The third kappa shape index (κ3) is 3.94. The third-order valence-electron chi connectivity index (χ3n) is 2.53. The van der Waals surface area contributed by atoms with Crippen LogP contribution in [0, 0.1) is 6.92 Å². The van der Waals surface area contributed by atoms with Crippen LogP contribution in [-0.2, 0) is 0 Å². The van der Waals surface area contributed by atoms with Crippen LogP contribution in [0.25, 0.3) is 0 Å². The number of carboxylic acids is 1. The number of carbonyl (C=O) groups is 1. The number of carboxylic acid groups (broad SMARTS) is 1. The Morgan fingerprint density at radius 2 is 2.00 bits per heavy atom. The van der Waals surface area contributed by atoms with Crippen molar-refractivity contribution in [3.63, 3.8) is 0 Å². The van der Waals surface area contributed by atoms with Gasteiger partial charge in [-0.1, -0.05) is 6.07 Å². The van der Waals surface area contributed by atoms with Crippen molar-refractivity contribution >= 4 is 11.7 Å². The molecule has 0 aliphatic heterocycles. The molecule has 1 N–H and O–H groups in total. The Labute approximate surface area is 103 Å². The maximum atomic E-state index is 12.1. The first-order valence-electron chi connectivity index (χ1n) is 5.32. The van der Waals surface area contributed by atoms with Crippen LogP contribution in [-0.4, -0.2) is 30.8 Å². The molecule has 0 aromatic heterocycles. The molecule has 100 valence electrons. The molecule has 0 amide bonds. The lowest BCUT2D eigenvalue weighted by atomic mass is 10.1. The van der Waals surface area contributed by atoms with Gasteiger partial charge < -0.3 is 10.0 Å². The minimum absolute atomic E-state index is 0.00488. The van der Waals surface area contributed by atoms with Gasteiger partial charge in [0.2, 0.25) is 0 Å². The summed E-state index contributed by atoms with van der Waals surface area (Å²) >= 11 is 0. The fourth-order valence-electron chi connectivity index (χ4n) is 1.55. The van der Waals surface area contributed by atoms with E-state index in [1.165, 1.54) is 18.0 Å². The van der Waals surface area contributed by atoms with E-state index < -0.39 is 18.6 Å². The molecule has 0 saturated heterocycles. The van der Waals surface area contributed by atoms with Gasteiger partial charge in [-0.15, -0.1) is 0 Å². The first kappa shape index (κ1) is 14.3. The number of hydrogen-bond acceptors (Lipinski definition) is 2. The Bertz CT molecular complexity index is 443. The van der Waals surface area contributed by atoms with Gasteiger partial charge in [0.25, 0.3) is 0 Å². The molecule has 0 unspecified atom stereocenters.